The van der Waals surface area contributed by atoms with Crippen molar-refractivity contribution in [1.82, 2.24) is 14.9 Å². The first-order chi connectivity index (χ1) is 6.61. The third-order valence-corrected chi connectivity index (χ3v) is 2.90. The van der Waals surface area contributed by atoms with Gasteiger partial charge < -0.3 is 17.3 Å². The second-order valence-electron chi connectivity index (χ2n) is 4.09. The molecule has 1 aromatic rings. The van der Waals surface area contributed by atoms with Crippen LogP contribution in [-0.4, -0.2) is 20.4 Å². The minimum Gasteiger partial charge on any atom is -0.366 e. The van der Waals surface area contributed by atoms with Crippen LogP contribution < -0.4 is 17.3 Å². The molecule has 0 aromatic carbocycles. The summed E-state index contributed by atoms with van der Waals surface area (Å²) in [7, 11) is 0. The molecule has 0 amide bonds. The first-order valence-electron chi connectivity index (χ1n) is 4.84. The maximum absolute atomic E-state index is 6.19. The second kappa shape index (κ2) is 3.13. The molecule has 78 valence electrons. The number of nitrogens with zero attached hydrogens (tertiary/aromatic N) is 3. The van der Waals surface area contributed by atoms with Crippen LogP contribution in [0.3, 0.4) is 0 Å². The first kappa shape index (κ1) is 9.26. The van der Waals surface area contributed by atoms with E-state index in [9.17, 15) is 0 Å². The average molecular weight is 196 g/mol. The van der Waals surface area contributed by atoms with Gasteiger partial charge in [0.05, 0.1) is 0 Å². The van der Waals surface area contributed by atoms with E-state index in [1.807, 2.05) is 0 Å². The van der Waals surface area contributed by atoms with Crippen LogP contribution in [0.25, 0.3) is 0 Å². The van der Waals surface area contributed by atoms with Crippen LogP contribution in [0.15, 0.2) is 0 Å². The lowest BCUT2D eigenvalue weighted by Crippen LogP contribution is -2.40. The zero-order chi connectivity index (χ0) is 10.2. The molecular weight excluding hydrogens is 180 g/mol. The minimum atomic E-state index is -0.156. The minimum absolute atomic E-state index is 0.156. The number of hydrogen-bond acceptors (Lipinski definition) is 5. The fourth-order valence-corrected chi connectivity index (χ4v) is 2.03. The van der Waals surface area contributed by atoms with Crippen molar-refractivity contribution in [3.63, 3.8) is 0 Å². The molecule has 0 saturated heterocycles. The van der Waals surface area contributed by atoms with Gasteiger partial charge in [-0.2, -0.15) is 0 Å². The Balaban J connectivity index is 2.14. The van der Waals surface area contributed by atoms with Crippen LogP contribution in [0.2, 0.25) is 0 Å². The third kappa shape index (κ3) is 1.52. The molecule has 0 bridgehead atoms. The first-order valence-corrected chi connectivity index (χ1v) is 4.84. The van der Waals surface area contributed by atoms with E-state index in [0.29, 0.717) is 12.2 Å². The lowest BCUT2D eigenvalue weighted by Gasteiger charge is -2.22. The molecule has 6 N–H and O–H groups in total. The Morgan fingerprint density at radius 1 is 1.29 bits per heavy atom. The molecular formula is C8H16N6. The fourth-order valence-electron chi connectivity index (χ4n) is 2.03. The van der Waals surface area contributed by atoms with Crippen molar-refractivity contribution in [1.29, 1.82) is 0 Å². The molecule has 1 aliphatic rings. The lowest BCUT2D eigenvalue weighted by molar-refractivity contribution is 0.422. The summed E-state index contributed by atoms with van der Waals surface area (Å²) in [5.41, 5.74) is 11.5. The zero-order valence-electron chi connectivity index (χ0n) is 8.11. The van der Waals surface area contributed by atoms with Gasteiger partial charge in [-0.15, -0.1) is 10.2 Å². The van der Waals surface area contributed by atoms with Gasteiger partial charge in [0, 0.05) is 12.0 Å². The summed E-state index contributed by atoms with van der Waals surface area (Å²) in [4.78, 5) is 0. The van der Waals surface area contributed by atoms with E-state index in [1.54, 1.807) is 0 Å². The highest BCUT2D eigenvalue weighted by Gasteiger charge is 2.31. The van der Waals surface area contributed by atoms with Crippen LogP contribution in [0.1, 0.15) is 31.5 Å². The molecule has 1 heterocycles. The van der Waals surface area contributed by atoms with Gasteiger partial charge in [0.25, 0.3) is 0 Å². The van der Waals surface area contributed by atoms with E-state index in [-0.39, 0.29) is 11.5 Å². The molecule has 14 heavy (non-hydrogen) atoms. The Hall–Kier alpha value is -1.30. The van der Waals surface area contributed by atoms with Gasteiger partial charge >= 0.3 is 0 Å². The molecule has 6 nitrogen and oxygen atoms in total. The number of hydrogen-bond donors (Lipinski definition) is 3. The van der Waals surface area contributed by atoms with Gasteiger partial charge in [-0.05, 0) is 12.8 Å². The van der Waals surface area contributed by atoms with E-state index < -0.39 is 0 Å². The van der Waals surface area contributed by atoms with Crippen molar-refractivity contribution in [3.8, 4) is 0 Å². The van der Waals surface area contributed by atoms with Crippen LogP contribution >= 0.6 is 0 Å². The lowest BCUT2D eigenvalue weighted by atomic mass is 9.94. The van der Waals surface area contributed by atoms with Gasteiger partial charge in [0.2, 0.25) is 5.95 Å². The average Bonchev–Trinajstić information content (AvgIpc) is 2.68. The summed E-state index contributed by atoms with van der Waals surface area (Å²) >= 11 is 0. The monoisotopic (exact) mass is 196 g/mol. The van der Waals surface area contributed by atoms with E-state index in [0.717, 1.165) is 12.8 Å². The standard InChI is InChI=1S/C8H16N6/c9-7-13-12-6(14(7)11)5-8(10)3-1-2-4-8/h1-5,10-11H2,(H2,9,13). The molecule has 0 spiro atoms. The Labute approximate surface area is 82.4 Å². The molecule has 0 radical (unpaired) electrons. The summed E-state index contributed by atoms with van der Waals surface area (Å²) < 4.78 is 1.31. The molecule has 0 unspecified atom stereocenters. The highest BCUT2D eigenvalue weighted by atomic mass is 15.4. The molecule has 0 aliphatic heterocycles. The maximum Gasteiger partial charge on any atom is 0.240 e. The van der Waals surface area contributed by atoms with Gasteiger partial charge in [-0.1, -0.05) is 12.8 Å². The highest BCUT2D eigenvalue weighted by Crippen LogP contribution is 2.29. The largest absolute Gasteiger partial charge is 0.366 e. The SMILES string of the molecule is Nc1nnc(CC2(N)CCCC2)n1N. The van der Waals surface area contributed by atoms with Gasteiger partial charge in [-0.3, -0.25) is 0 Å². The summed E-state index contributed by atoms with van der Waals surface area (Å²) in [5, 5.41) is 7.61. The van der Waals surface area contributed by atoms with Crippen LogP contribution in [0, 0.1) is 0 Å². The van der Waals surface area contributed by atoms with Crippen molar-refractivity contribution < 1.29 is 0 Å². The van der Waals surface area contributed by atoms with Gasteiger partial charge in [0.1, 0.15) is 0 Å². The topological polar surface area (TPSA) is 109 Å². The van der Waals surface area contributed by atoms with Crippen LogP contribution in [0.4, 0.5) is 5.95 Å². The summed E-state index contributed by atoms with van der Waals surface area (Å²) in [6.45, 7) is 0. The Morgan fingerprint density at radius 2 is 1.93 bits per heavy atom. The summed E-state index contributed by atoms with van der Waals surface area (Å²) in [6.07, 6.45) is 5.09. The Morgan fingerprint density at radius 3 is 2.43 bits per heavy atom. The van der Waals surface area contributed by atoms with Crippen molar-refractivity contribution in [2.75, 3.05) is 11.6 Å². The summed E-state index contributed by atoms with van der Waals surface area (Å²) in [6, 6.07) is 0. The number of rotatable bonds is 2. The smallest absolute Gasteiger partial charge is 0.240 e. The zero-order valence-corrected chi connectivity index (χ0v) is 8.11. The predicted octanol–water partition coefficient (Wildman–Crippen LogP) is -0.612. The van der Waals surface area contributed by atoms with Crippen molar-refractivity contribution in [3.05, 3.63) is 5.82 Å². The second-order valence-corrected chi connectivity index (χ2v) is 4.09. The highest BCUT2D eigenvalue weighted by molar-refractivity contribution is 5.18. The van der Waals surface area contributed by atoms with E-state index in [4.69, 9.17) is 17.3 Å². The van der Waals surface area contributed by atoms with Crippen LogP contribution in [0.5, 0.6) is 0 Å². The third-order valence-electron chi connectivity index (χ3n) is 2.90. The Kier molecular flexibility index (Phi) is 2.07. The molecule has 6 heteroatoms. The number of anilines is 1. The van der Waals surface area contributed by atoms with Gasteiger partial charge in [0.15, 0.2) is 5.82 Å². The van der Waals surface area contributed by atoms with Crippen LogP contribution in [-0.2, 0) is 6.42 Å². The molecule has 0 atom stereocenters. The molecule has 1 saturated carbocycles. The summed E-state index contributed by atoms with van der Waals surface area (Å²) in [5.74, 6) is 6.56. The number of nitrogens with two attached hydrogens (primary N) is 3. The quantitative estimate of drug-likeness (QED) is 0.547. The molecule has 1 aliphatic carbocycles. The van der Waals surface area contributed by atoms with Gasteiger partial charge in [-0.25, -0.2) is 4.68 Å². The van der Waals surface area contributed by atoms with Crippen molar-refractivity contribution >= 4 is 5.95 Å². The fraction of sp³-hybridized carbons (Fsp3) is 0.750. The molecule has 1 aromatic heterocycles. The van der Waals surface area contributed by atoms with E-state index >= 15 is 0 Å². The number of nitrogen functional groups attached to an aromatic ring is 2. The van der Waals surface area contributed by atoms with E-state index in [2.05, 4.69) is 10.2 Å². The van der Waals surface area contributed by atoms with Crippen molar-refractivity contribution in [2.45, 2.75) is 37.6 Å². The van der Waals surface area contributed by atoms with Crippen molar-refractivity contribution in [2.24, 2.45) is 5.73 Å². The maximum atomic E-state index is 6.19. The number of aromatic nitrogens is 3. The normalized spacial score (nSPS) is 20.1. The Bertz CT molecular complexity index is 325. The molecule has 2 rings (SSSR count). The van der Waals surface area contributed by atoms with E-state index in [1.165, 1.54) is 17.5 Å². The predicted molar refractivity (Wildman–Crippen MR) is 53.7 cm³/mol. The molecule has 1 fully saturated rings.